The zero-order valence-electron chi connectivity index (χ0n) is 14.5. The van der Waals surface area contributed by atoms with E-state index in [0.29, 0.717) is 0 Å². The van der Waals surface area contributed by atoms with Gasteiger partial charge in [0.1, 0.15) is 11.3 Å². The van der Waals surface area contributed by atoms with E-state index in [2.05, 4.69) is 79.7 Å². The molecule has 25 heavy (non-hydrogen) atoms. The van der Waals surface area contributed by atoms with Crippen molar-refractivity contribution in [1.82, 2.24) is 0 Å². The maximum absolute atomic E-state index is 6.17. The second-order valence-electron chi connectivity index (χ2n) is 6.44. The Morgan fingerprint density at radius 1 is 0.680 bits per heavy atom. The first-order chi connectivity index (χ1) is 12.4. The molecule has 1 nitrogen and oxygen atoms in total. The second-order valence-corrected chi connectivity index (χ2v) is 6.44. The van der Waals surface area contributed by atoms with Gasteiger partial charge in [-0.15, -0.1) is 0 Å². The lowest BCUT2D eigenvalue weighted by atomic mass is 9.97. The van der Waals surface area contributed by atoms with Crippen LogP contribution in [0.15, 0.2) is 83.3 Å². The largest absolute Gasteiger partial charge is 0.460 e. The maximum Gasteiger partial charge on any atom is 0.134 e. The molecule has 0 aliphatic heterocycles. The number of unbranched alkanes of at least 4 members (excludes halogenated alkanes) is 1. The lowest BCUT2D eigenvalue weighted by molar-refractivity contribution is 0.538. The number of para-hydroxylation sites is 1. The van der Waals surface area contributed by atoms with Crippen molar-refractivity contribution in [2.45, 2.75) is 26.2 Å². The zero-order valence-corrected chi connectivity index (χ0v) is 14.5. The van der Waals surface area contributed by atoms with E-state index >= 15 is 0 Å². The highest BCUT2D eigenvalue weighted by molar-refractivity contribution is 5.96. The van der Waals surface area contributed by atoms with Crippen molar-refractivity contribution in [3.05, 3.63) is 84.6 Å². The minimum Gasteiger partial charge on any atom is -0.460 e. The molecule has 0 amide bonds. The van der Waals surface area contributed by atoms with Crippen LogP contribution in [0.1, 0.15) is 25.5 Å². The molecule has 0 unspecified atom stereocenters. The zero-order chi connectivity index (χ0) is 17.1. The van der Waals surface area contributed by atoms with Crippen molar-refractivity contribution >= 4 is 11.0 Å². The van der Waals surface area contributed by atoms with Gasteiger partial charge in [0.25, 0.3) is 0 Å². The Morgan fingerprint density at radius 2 is 1.32 bits per heavy atom. The number of furan rings is 1. The molecule has 0 N–H and O–H groups in total. The Bertz CT molecular complexity index is 962. The summed E-state index contributed by atoms with van der Waals surface area (Å²) in [6.45, 7) is 2.22. The van der Waals surface area contributed by atoms with E-state index in [9.17, 15) is 0 Å². The third kappa shape index (κ3) is 3.10. The molecule has 0 saturated heterocycles. The van der Waals surface area contributed by atoms with Crippen LogP contribution in [-0.2, 0) is 6.42 Å². The number of hydrogen-bond acceptors (Lipinski definition) is 1. The minimum atomic E-state index is 0.982. The van der Waals surface area contributed by atoms with Crippen LogP contribution in [0.2, 0.25) is 0 Å². The smallest absolute Gasteiger partial charge is 0.134 e. The Labute approximate surface area is 148 Å². The van der Waals surface area contributed by atoms with Crippen LogP contribution >= 0.6 is 0 Å². The topological polar surface area (TPSA) is 13.1 Å². The first-order valence-electron chi connectivity index (χ1n) is 9.03. The summed E-state index contributed by atoms with van der Waals surface area (Å²) in [5.41, 5.74) is 5.96. The van der Waals surface area contributed by atoms with Crippen molar-refractivity contribution in [3.63, 3.8) is 0 Å². The third-order valence-electron chi connectivity index (χ3n) is 4.71. The summed E-state index contributed by atoms with van der Waals surface area (Å²) in [5.74, 6) is 1.11. The van der Waals surface area contributed by atoms with Crippen LogP contribution in [0, 0.1) is 0 Å². The summed E-state index contributed by atoms with van der Waals surface area (Å²) >= 11 is 0. The molecule has 0 spiro atoms. The number of fused-ring (bicyclic) bond motifs is 1. The summed E-state index contributed by atoms with van der Waals surface area (Å²) in [6.07, 6.45) is 3.30. The van der Waals surface area contributed by atoms with Gasteiger partial charge in [0, 0.05) is 17.4 Å². The normalized spacial score (nSPS) is 11.1. The van der Waals surface area contributed by atoms with Gasteiger partial charge >= 0.3 is 0 Å². The van der Waals surface area contributed by atoms with E-state index in [0.717, 1.165) is 24.2 Å². The SMILES string of the molecule is CCCCc1oc2ccccc2c1-c1ccc(-c2ccccc2)cc1. The molecule has 4 rings (SSSR count). The van der Waals surface area contributed by atoms with Crippen LogP contribution in [-0.4, -0.2) is 0 Å². The summed E-state index contributed by atoms with van der Waals surface area (Å²) in [5, 5.41) is 1.21. The minimum absolute atomic E-state index is 0.982. The molecule has 0 atom stereocenters. The van der Waals surface area contributed by atoms with E-state index in [-0.39, 0.29) is 0 Å². The molecular formula is C24H22O. The second kappa shape index (κ2) is 6.98. The van der Waals surface area contributed by atoms with Gasteiger partial charge in [-0.3, -0.25) is 0 Å². The highest BCUT2D eigenvalue weighted by Gasteiger charge is 2.15. The van der Waals surface area contributed by atoms with Gasteiger partial charge in [-0.1, -0.05) is 86.1 Å². The van der Waals surface area contributed by atoms with Gasteiger partial charge in [0.2, 0.25) is 0 Å². The van der Waals surface area contributed by atoms with E-state index in [4.69, 9.17) is 4.42 Å². The fourth-order valence-electron chi connectivity index (χ4n) is 3.39. The van der Waals surface area contributed by atoms with E-state index in [1.54, 1.807) is 0 Å². The standard InChI is InChI=1S/C24H22O/c1-2-3-12-23-24(21-11-7-8-13-22(21)25-23)20-16-14-19(15-17-20)18-9-5-4-6-10-18/h4-11,13-17H,2-3,12H2,1H3. The van der Waals surface area contributed by atoms with Crippen LogP contribution in [0.5, 0.6) is 0 Å². The maximum atomic E-state index is 6.17. The van der Waals surface area contributed by atoms with Crippen molar-refractivity contribution < 1.29 is 4.42 Å². The van der Waals surface area contributed by atoms with Gasteiger partial charge < -0.3 is 4.42 Å². The highest BCUT2D eigenvalue weighted by atomic mass is 16.3. The monoisotopic (exact) mass is 326 g/mol. The molecule has 1 aromatic heterocycles. The molecule has 124 valence electrons. The summed E-state index contributed by atoms with van der Waals surface area (Å²) in [7, 11) is 0. The molecule has 0 radical (unpaired) electrons. The quantitative estimate of drug-likeness (QED) is 0.381. The number of benzene rings is 3. The fraction of sp³-hybridized carbons (Fsp3) is 0.167. The van der Waals surface area contributed by atoms with Gasteiger partial charge in [-0.05, 0) is 29.2 Å². The average molecular weight is 326 g/mol. The first kappa shape index (κ1) is 15.7. The van der Waals surface area contributed by atoms with Gasteiger partial charge in [0.05, 0.1) is 0 Å². The first-order valence-corrected chi connectivity index (χ1v) is 9.03. The number of hydrogen-bond donors (Lipinski definition) is 0. The Hall–Kier alpha value is -2.80. The molecule has 1 heteroatoms. The molecular weight excluding hydrogens is 304 g/mol. The third-order valence-corrected chi connectivity index (χ3v) is 4.71. The Balaban J connectivity index is 1.78. The van der Waals surface area contributed by atoms with Crippen LogP contribution in [0.3, 0.4) is 0 Å². The van der Waals surface area contributed by atoms with Crippen molar-refractivity contribution in [2.24, 2.45) is 0 Å². The van der Waals surface area contributed by atoms with Gasteiger partial charge in [-0.25, -0.2) is 0 Å². The van der Waals surface area contributed by atoms with Crippen LogP contribution in [0.25, 0.3) is 33.2 Å². The fourth-order valence-corrected chi connectivity index (χ4v) is 3.39. The van der Waals surface area contributed by atoms with Crippen molar-refractivity contribution in [1.29, 1.82) is 0 Å². The van der Waals surface area contributed by atoms with Gasteiger partial charge in [0.15, 0.2) is 0 Å². The van der Waals surface area contributed by atoms with E-state index in [1.165, 1.54) is 34.1 Å². The van der Waals surface area contributed by atoms with Crippen molar-refractivity contribution in [2.75, 3.05) is 0 Å². The molecule has 0 aliphatic rings. The van der Waals surface area contributed by atoms with Crippen molar-refractivity contribution in [3.8, 4) is 22.3 Å². The molecule has 0 fully saturated rings. The van der Waals surface area contributed by atoms with E-state index < -0.39 is 0 Å². The van der Waals surface area contributed by atoms with Crippen LogP contribution in [0.4, 0.5) is 0 Å². The molecule has 0 aliphatic carbocycles. The molecule has 0 bridgehead atoms. The molecule has 4 aromatic rings. The highest BCUT2D eigenvalue weighted by Crippen LogP contribution is 2.36. The summed E-state index contributed by atoms with van der Waals surface area (Å²) in [4.78, 5) is 0. The Kier molecular flexibility index (Phi) is 4.39. The molecule has 1 heterocycles. The lowest BCUT2D eigenvalue weighted by Gasteiger charge is -2.06. The lowest BCUT2D eigenvalue weighted by Crippen LogP contribution is -1.86. The average Bonchev–Trinajstić information content (AvgIpc) is 3.05. The van der Waals surface area contributed by atoms with E-state index in [1.807, 2.05) is 6.07 Å². The summed E-state index contributed by atoms with van der Waals surface area (Å²) < 4.78 is 6.17. The Morgan fingerprint density at radius 3 is 2.08 bits per heavy atom. The van der Waals surface area contributed by atoms with Crippen LogP contribution < -0.4 is 0 Å². The predicted molar refractivity (Wildman–Crippen MR) is 106 cm³/mol. The molecule has 3 aromatic carbocycles. The van der Waals surface area contributed by atoms with Gasteiger partial charge in [-0.2, -0.15) is 0 Å². The number of rotatable bonds is 5. The number of aryl methyl sites for hydroxylation is 1. The molecule has 0 saturated carbocycles. The summed E-state index contributed by atoms with van der Waals surface area (Å²) in [6, 6.07) is 27.7. The predicted octanol–water partition coefficient (Wildman–Crippen LogP) is 7.11.